The molecular weight excluding hydrogens is 280 g/mol. The molecule has 0 amide bonds. The average Bonchev–Trinajstić information content (AvgIpc) is 2.49. The van der Waals surface area contributed by atoms with E-state index >= 15 is 0 Å². The number of hydrogen-bond acceptors (Lipinski definition) is 4. The lowest BCUT2D eigenvalue weighted by Gasteiger charge is -2.19. The lowest BCUT2D eigenvalue weighted by Crippen LogP contribution is -2.30. The number of ether oxygens (including phenoxy) is 1. The predicted octanol–water partition coefficient (Wildman–Crippen LogP) is 3.61. The Balaban J connectivity index is 2.09. The van der Waals surface area contributed by atoms with Gasteiger partial charge in [-0.1, -0.05) is 23.8 Å². The fourth-order valence-corrected chi connectivity index (χ4v) is 3.36. The zero-order valence-electron chi connectivity index (χ0n) is 12.7. The van der Waals surface area contributed by atoms with Crippen molar-refractivity contribution < 1.29 is 4.74 Å². The largest absolute Gasteiger partial charge is 0.497 e. The van der Waals surface area contributed by atoms with Crippen LogP contribution >= 0.6 is 11.8 Å². The Morgan fingerprint density at radius 3 is 2.62 bits per heavy atom. The van der Waals surface area contributed by atoms with Crippen LogP contribution < -0.4 is 16.0 Å². The molecule has 3 nitrogen and oxygen atoms in total. The second-order valence-electron chi connectivity index (χ2n) is 5.07. The van der Waals surface area contributed by atoms with Crippen LogP contribution in [-0.2, 0) is 0 Å². The summed E-state index contributed by atoms with van der Waals surface area (Å²) in [4.78, 5) is 1.27. The molecule has 1 atom stereocenters. The Bertz CT molecular complexity index is 601. The number of nitrogens with two attached hydrogens (primary N) is 1. The summed E-state index contributed by atoms with van der Waals surface area (Å²) in [5.74, 6) is 7.50. The highest BCUT2D eigenvalue weighted by Crippen LogP contribution is 2.28. The molecule has 4 heteroatoms. The van der Waals surface area contributed by atoms with Crippen LogP contribution in [0.3, 0.4) is 0 Å². The van der Waals surface area contributed by atoms with Gasteiger partial charge in [-0.2, -0.15) is 0 Å². The highest BCUT2D eigenvalue weighted by Gasteiger charge is 2.13. The fourth-order valence-electron chi connectivity index (χ4n) is 2.28. The molecule has 2 aromatic carbocycles. The van der Waals surface area contributed by atoms with Crippen molar-refractivity contribution in [3.05, 3.63) is 59.2 Å². The molecular formula is C17H22N2OS. The maximum absolute atomic E-state index is 5.74. The van der Waals surface area contributed by atoms with Gasteiger partial charge in [0, 0.05) is 10.6 Å². The Labute approximate surface area is 130 Å². The van der Waals surface area contributed by atoms with Crippen LogP contribution in [0.25, 0.3) is 0 Å². The van der Waals surface area contributed by atoms with Crippen LogP contribution in [0.15, 0.2) is 47.4 Å². The highest BCUT2D eigenvalue weighted by atomic mass is 32.2. The summed E-state index contributed by atoms with van der Waals surface area (Å²) in [5.41, 5.74) is 6.59. The molecule has 21 heavy (non-hydrogen) atoms. The van der Waals surface area contributed by atoms with Gasteiger partial charge in [-0.25, -0.2) is 0 Å². The zero-order chi connectivity index (χ0) is 15.2. The third-order valence-electron chi connectivity index (χ3n) is 3.46. The van der Waals surface area contributed by atoms with Gasteiger partial charge >= 0.3 is 0 Å². The van der Waals surface area contributed by atoms with Crippen molar-refractivity contribution in [2.45, 2.75) is 24.8 Å². The van der Waals surface area contributed by atoms with Crippen molar-refractivity contribution in [1.82, 2.24) is 5.43 Å². The van der Waals surface area contributed by atoms with Crippen LogP contribution in [0, 0.1) is 13.8 Å². The third kappa shape index (κ3) is 4.24. The van der Waals surface area contributed by atoms with E-state index in [4.69, 9.17) is 10.6 Å². The van der Waals surface area contributed by atoms with Crippen molar-refractivity contribution in [3.8, 4) is 5.75 Å². The van der Waals surface area contributed by atoms with E-state index in [-0.39, 0.29) is 6.04 Å². The van der Waals surface area contributed by atoms with Crippen molar-refractivity contribution in [2.75, 3.05) is 12.9 Å². The lowest BCUT2D eigenvalue weighted by molar-refractivity contribution is 0.414. The fraction of sp³-hybridized carbons (Fsp3) is 0.294. The molecule has 0 saturated heterocycles. The summed E-state index contributed by atoms with van der Waals surface area (Å²) in [6.45, 7) is 4.19. The first-order chi connectivity index (χ1) is 10.1. The number of benzene rings is 2. The summed E-state index contributed by atoms with van der Waals surface area (Å²) < 4.78 is 5.25. The first-order valence-electron chi connectivity index (χ1n) is 6.94. The van der Waals surface area contributed by atoms with Crippen LogP contribution in [-0.4, -0.2) is 12.9 Å². The third-order valence-corrected chi connectivity index (χ3v) is 4.55. The maximum Gasteiger partial charge on any atom is 0.119 e. The molecule has 0 aliphatic carbocycles. The van der Waals surface area contributed by atoms with E-state index < -0.39 is 0 Å². The topological polar surface area (TPSA) is 47.3 Å². The predicted molar refractivity (Wildman–Crippen MR) is 89.7 cm³/mol. The SMILES string of the molecule is COc1ccc(C(CSc2cccc(C)c2)NN)c(C)c1. The van der Waals surface area contributed by atoms with Crippen molar-refractivity contribution >= 4 is 11.8 Å². The van der Waals surface area contributed by atoms with E-state index in [2.05, 4.69) is 49.6 Å². The average molecular weight is 302 g/mol. The molecule has 0 aliphatic rings. The maximum atomic E-state index is 5.74. The van der Waals surface area contributed by atoms with E-state index in [0.29, 0.717) is 0 Å². The molecule has 0 aromatic heterocycles. The van der Waals surface area contributed by atoms with E-state index in [1.807, 2.05) is 23.9 Å². The van der Waals surface area contributed by atoms with Crippen molar-refractivity contribution in [1.29, 1.82) is 0 Å². The number of rotatable bonds is 6. The molecule has 0 bridgehead atoms. The minimum atomic E-state index is 0.112. The molecule has 0 fully saturated rings. The van der Waals surface area contributed by atoms with E-state index in [9.17, 15) is 0 Å². The molecule has 0 heterocycles. The second-order valence-corrected chi connectivity index (χ2v) is 6.16. The number of nitrogens with one attached hydrogen (secondary N) is 1. The summed E-state index contributed by atoms with van der Waals surface area (Å²) >= 11 is 1.81. The lowest BCUT2D eigenvalue weighted by atomic mass is 10.0. The first-order valence-corrected chi connectivity index (χ1v) is 7.92. The monoisotopic (exact) mass is 302 g/mol. The van der Waals surface area contributed by atoms with E-state index in [1.165, 1.54) is 21.6 Å². The van der Waals surface area contributed by atoms with Gasteiger partial charge < -0.3 is 4.74 Å². The summed E-state index contributed by atoms with van der Waals surface area (Å²) in [7, 11) is 1.68. The standard InChI is InChI=1S/C17H22N2OS/c1-12-5-4-6-15(9-12)21-11-17(19-18)16-8-7-14(20-3)10-13(16)2/h4-10,17,19H,11,18H2,1-3H3. The quantitative estimate of drug-likeness (QED) is 0.486. The number of hydrogen-bond donors (Lipinski definition) is 2. The molecule has 0 spiro atoms. The smallest absolute Gasteiger partial charge is 0.119 e. The summed E-state index contributed by atoms with van der Waals surface area (Å²) in [6.07, 6.45) is 0. The van der Waals surface area contributed by atoms with Crippen LogP contribution in [0.5, 0.6) is 5.75 Å². The van der Waals surface area contributed by atoms with Crippen LogP contribution in [0.1, 0.15) is 22.7 Å². The molecule has 1 unspecified atom stereocenters. The van der Waals surface area contributed by atoms with Gasteiger partial charge in [-0.05, 0) is 49.2 Å². The molecule has 3 N–H and O–H groups in total. The van der Waals surface area contributed by atoms with Gasteiger partial charge in [-0.3, -0.25) is 11.3 Å². The Hall–Kier alpha value is -1.49. The normalized spacial score (nSPS) is 12.2. The molecule has 112 valence electrons. The summed E-state index contributed by atoms with van der Waals surface area (Å²) in [6, 6.07) is 14.7. The van der Waals surface area contributed by atoms with E-state index in [1.54, 1.807) is 7.11 Å². The number of methoxy groups -OCH3 is 1. The van der Waals surface area contributed by atoms with Crippen molar-refractivity contribution in [2.24, 2.45) is 5.84 Å². The van der Waals surface area contributed by atoms with E-state index in [0.717, 1.165) is 11.5 Å². The Morgan fingerprint density at radius 1 is 1.19 bits per heavy atom. The molecule has 0 radical (unpaired) electrons. The number of thioether (sulfide) groups is 1. The minimum Gasteiger partial charge on any atom is -0.497 e. The molecule has 0 aliphatic heterocycles. The number of aryl methyl sites for hydroxylation is 2. The Kier molecular flexibility index (Phi) is 5.67. The van der Waals surface area contributed by atoms with Crippen LogP contribution in [0.2, 0.25) is 0 Å². The second kappa shape index (κ2) is 7.50. The van der Waals surface area contributed by atoms with Crippen molar-refractivity contribution in [3.63, 3.8) is 0 Å². The van der Waals surface area contributed by atoms with Gasteiger partial charge in [0.25, 0.3) is 0 Å². The van der Waals surface area contributed by atoms with Gasteiger partial charge in [-0.15, -0.1) is 11.8 Å². The number of hydrazine groups is 1. The van der Waals surface area contributed by atoms with Gasteiger partial charge in [0.15, 0.2) is 0 Å². The summed E-state index contributed by atoms with van der Waals surface area (Å²) in [5, 5.41) is 0. The highest BCUT2D eigenvalue weighted by molar-refractivity contribution is 7.99. The minimum absolute atomic E-state index is 0.112. The van der Waals surface area contributed by atoms with Gasteiger partial charge in [0.1, 0.15) is 5.75 Å². The molecule has 2 rings (SSSR count). The molecule has 0 saturated carbocycles. The van der Waals surface area contributed by atoms with Gasteiger partial charge in [0.05, 0.1) is 13.2 Å². The van der Waals surface area contributed by atoms with Gasteiger partial charge in [0.2, 0.25) is 0 Å². The zero-order valence-corrected chi connectivity index (χ0v) is 13.5. The first kappa shape index (κ1) is 15.9. The molecule has 2 aromatic rings. The van der Waals surface area contributed by atoms with Crippen LogP contribution in [0.4, 0.5) is 0 Å². The Morgan fingerprint density at radius 2 is 2.00 bits per heavy atom.